The van der Waals surface area contributed by atoms with Gasteiger partial charge in [-0.15, -0.1) is 0 Å². The number of pyridine rings is 1. The van der Waals surface area contributed by atoms with Crippen LogP contribution in [0.3, 0.4) is 0 Å². The maximum absolute atomic E-state index is 11.3. The zero-order valence-electron chi connectivity index (χ0n) is 10.6. The highest BCUT2D eigenvalue weighted by atomic mass is 16.5. The van der Waals surface area contributed by atoms with E-state index >= 15 is 0 Å². The van der Waals surface area contributed by atoms with Crippen LogP contribution in [-0.4, -0.2) is 22.7 Å². The second-order valence-corrected chi connectivity index (χ2v) is 4.72. The molecule has 1 saturated carbocycles. The number of carboxylic acids is 1. The van der Waals surface area contributed by atoms with Gasteiger partial charge in [0.15, 0.2) is 0 Å². The molecule has 98 valence electrons. The summed E-state index contributed by atoms with van der Waals surface area (Å²) in [7, 11) is 0. The van der Waals surface area contributed by atoms with Gasteiger partial charge >= 0.3 is 5.97 Å². The maximum Gasteiger partial charge on any atom is 0.307 e. The van der Waals surface area contributed by atoms with Crippen LogP contribution in [0, 0.1) is 5.92 Å². The third-order valence-electron chi connectivity index (χ3n) is 3.56. The number of hydrogen-bond donors (Lipinski definition) is 1. The number of nitrogens with zero attached hydrogens (tertiary/aromatic N) is 1. The summed E-state index contributed by atoms with van der Waals surface area (Å²) >= 11 is 0. The molecule has 1 aromatic heterocycles. The lowest BCUT2D eigenvalue weighted by molar-refractivity contribution is -0.143. The highest BCUT2D eigenvalue weighted by Crippen LogP contribution is 2.38. The standard InChI is InChI=1S/C14H19NO3/c1-2-18-11-7-10(8-15-9-11)12-5-3-4-6-13(12)14(16)17/h7-9,12-13H,2-6H2,1H3,(H,16,17). The normalized spacial score (nSPS) is 23.6. The highest BCUT2D eigenvalue weighted by Gasteiger charge is 2.32. The van der Waals surface area contributed by atoms with Crippen molar-refractivity contribution in [2.45, 2.75) is 38.5 Å². The van der Waals surface area contributed by atoms with Crippen molar-refractivity contribution in [3.63, 3.8) is 0 Å². The van der Waals surface area contributed by atoms with Crippen LogP contribution < -0.4 is 4.74 Å². The Morgan fingerprint density at radius 3 is 2.94 bits per heavy atom. The van der Waals surface area contributed by atoms with Gasteiger partial charge in [-0.1, -0.05) is 12.8 Å². The van der Waals surface area contributed by atoms with Crippen molar-refractivity contribution in [3.05, 3.63) is 24.0 Å². The molecule has 0 saturated heterocycles. The number of carboxylic acid groups (broad SMARTS) is 1. The molecule has 0 bridgehead atoms. The van der Waals surface area contributed by atoms with Crippen molar-refractivity contribution in [2.24, 2.45) is 5.92 Å². The number of carbonyl (C=O) groups is 1. The molecule has 0 aromatic carbocycles. The molecule has 2 atom stereocenters. The predicted molar refractivity (Wildman–Crippen MR) is 67.7 cm³/mol. The van der Waals surface area contributed by atoms with Gasteiger partial charge in [-0.05, 0) is 37.3 Å². The largest absolute Gasteiger partial charge is 0.492 e. The molecule has 1 aromatic rings. The highest BCUT2D eigenvalue weighted by molar-refractivity contribution is 5.71. The molecule has 0 radical (unpaired) electrons. The van der Waals surface area contributed by atoms with Gasteiger partial charge in [0.2, 0.25) is 0 Å². The van der Waals surface area contributed by atoms with Crippen molar-refractivity contribution in [3.8, 4) is 5.75 Å². The lowest BCUT2D eigenvalue weighted by Gasteiger charge is -2.28. The van der Waals surface area contributed by atoms with Crippen molar-refractivity contribution in [1.29, 1.82) is 0 Å². The van der Waals surface area contributed by atoms with Crippen LogP contribution >= 0.6 is 0 Å². The average molecular weight is 249 g/mol. The molecule has 1 aliphatic carbocycles. The van der Waals surface area contributed by atoms with E-state index in [1.54, 1.807) is 12.4 Å². The van der Waals surface area contributed by atoms with Gasteiger partial charge in [-0.2, -0.15) is 0 Å². The number of hydrogen-bond acceptors (Lipinski definition) is 3. The fourth-order valence-electron chi connectivity index (χ4n) is 2.71. The first kappa shape index (κ1) is 12.9. The number of aliphatic carboxylic acids is 1. The molecule has 4 nitrogen and oxygen atoms in total. The minimum absolute atomic E-state index is 0.0733. The molecule has 2 unspecified atom stereocenters. The van der Waals surface area contributed by atoms with Crippen LogP contribution in [0.1, 0.15) is 44.1 Å². The molecular formula is C14H19NO3. The van der Waals surface area contributed by atoms with Crippen LogP contribution in [-0.2, 0) is 4.79 Å². The second kappa shape index (κ2) is 5.85. The van der Waals surface area contributed by atoms with E-state index in [0.717, 1.165) is 37.0 Å². The van der Waals surface area contributed by atoms with Crippen LogP contribution in [0.2, 0.25) is 0 Å². The maximum atomic E-state index is 11.3. The summed E-state index contributed by atoms with van der Waals surface area (Å²) in [5.41, 5.74) is 0.994. The first-order valence-corrected chi connectivity index (χ1v) is 6.53. The van der Waals surface area contributed by atoms with Crippen molar-refractivity contribution in [2.75, 3.05) is 6.61 Å². The fourth-order valence-corrected chi connectivity index (χ4v) is 2.71. The molecule has 4 heteroatoms. The summed E-state index contributed by atoms with van der Waals surface area (Å²) in [5, 5.41) is 9.29. The van der Waals surface area contributed by atoms with Crippen molar-refractivity contribution < 1.29 is 14.6 Å². The Hall–Kier alpha value is -1.58. The van der Waals surface area contributed by atoms with Crippen molar-refractivity contribution >= 4 is 5.97 Å². The van der Waals surface area contributed by atoms with Gasteiger partial charge in [0.1, 0.15) is 5.75 Å². The van der Waals surface area contributed by atoms with Crippen LogP contribution in [0.15, 0.2) is 18.5 Å². The first-order valence-electron chi connectivity index (χ1n) is 6.53. The monoisotopic (exact) mass is 249 g/mol. The van der Waals surface area contributed by atoms with E-state index in [2.05, 4.69) is 4.98 Å². The molecule has 0 spiro atoms. The van der Waals surface area contributed by atoms with Gasteiger partial charge in [0.25, 0.3) is 0 Å². The van der Waals surface area contributed by atoms with E-state index in [4.69, 9.17) is 4.74 Å². The molecule has 0 amide bonds. The molecule has 1 aliphatic rings. The van der Waals surface area contributed by atoms with Crippen molar-refractivity contribution in [1.82, 2.24) is 4.98 Å². The third kappa shape index (κ3) is 2.81. The zero-order chi connectivity index (χ0) is 13.0. The molecule has 1 fully saturated rings. The zero-order valence-corrected chi connectivity index (χ0v) is 10.6. The van der Waals surface area contributed by atoms with E-state index < -0.39 is 5.97 Å². The van der Waals surface area contributed by atoms with Gasteiger partial charge in [0, 0.05) is 6.20 Å². The van der Waals surface area contributed by atoms with E-state index in [-0.39, 0.29) is 11.8 Å². The van der Waals surface area contributed by atoms with Crippen LogP contribution in [0.25, 0.3) is 0 Å². The average Bonchev–Trinajstić information content (AvgIpc) is 2.39. The molecular weight excluding hydrogens is 230 g/mol. The van der Waals surface area contributed by atoms with Gasteiger partial charge in [-0.25, -0.2) is 0 Å². The smallest absolute Gasteiger partial charge is 0.307 e. The van der Waals surface area contributed by atoms with Crippen LogP contribution in [0.4, 0.5) is 0 Å². The van der Waals surface area contributed by atoms with E-state index in [0.29, 0.717) is 6.61 Å². The summed E-state index contributed by atoms with van der Waals surface area (Å²) < 4.78 is 5.42. The minimum Gasteiger partial charge on any atom is -0.492 e. The fraction of sp³-hybridized carbons (Fsp3) is 0.571. The second-order valence-electron chi connectivity index (χ2n) is 4.72. The quantitative estimate of drug-likeness (QED) is 0.891. The molecule has 2 rings (SSSR count). The summed E-state index contributed by atoms with van der Waals surface area (Å²) in [6, 6.07) is 1.93. The summed E-state index contributed by atoms with van der Waals surface area (Å²) in [6.07, 6.45) is 7.23. The van der Waals surface area contributed by atoms with E-state index in [1.165, 1.54) is 0 Å². The number of ether oxygens (including phenoxy) is 1. The van der Waals surface area contributed by atoms with Gasteiger partial charge in [0.05, 0.1) is 18.7 Å². The lowest BCUT2D eigenvalue weighted by Crippen LogP contribution is -2.25. The van der Waals surface area contributed by atoms with Gasteiger partial charge in [-0.3, -0.25) is 9.78 Å². The van der Waals surface area contributed by atoms with E-state index in [9.17, 15) is 9.90 Å². The minimum atomic E-state index is -0.693. The van der Waals surface area contributed by atoms with Crippen LogP contribution in [0.5, 0.6) is 5.75 Å². The Labute approximate surface area is 107 Å². The third-order valence-corrected chi connectivity index (χ3v) is 3.56. The topological polar surface area (TPSA) is 59.4 Å². The number of aromatic nitrogens is 1. The summed E-state index contributed by atoms with van der Waals surface area (Å²) in [6.45, 7) is 2.52. The molecule has 18 heavy (non-hydrogen) atoms. The number of rotatable bonds is 4. The summed E-state index contributed by atoms with van der Waals surface area (Å²) in [5.74, 6) is -0.173. The summed E-state index contributed by atoms with van der Waals surface area (Å²) in [4.78, 5) is 15.5. The molecule has 0 aliphatic heterocycles. The Kier molecular flexibility index (Phi) is 4.18. The Bertz CT molecular complexity index is 419. The molecule has 1 heterocycles. The van der Waals surface area contributed by atoms with Gasteiger partial charge < -0.3 is 9.84 Å². The predicted octanol–water partition coefficient (Wildman–Crippen LogP) is 2.84. The first-order chi connectivity index (χ1) is 8.72. The Morgan fingerprint density at radius 1 is 1.44 bits per heavy atom. The Morgan fingerprint density at radius 2 is 2.22 bits per heavy atom. The Balaban J connectivity index is 2.22. The lowest BCUT2D eigenvalue weighted by atomic mass is 9.76. The van der Waals surface area contributed by atoms with E-state index in [1.807, 2.05) is 13.0 Å². The molecule has 1 N–H and O–H groups in total. The SMILES string of the molecule is CCOc1cncc(C2CCCCC2C(=O)O)c1.